The second-order valence-corrected chi connectivity index (χ2v) is 4.56. The fraction of sp³-hybridized carbons (Fsp3) is 0.167. The van der Waals surface area contributed by atoms with Crippen molar-refractivity contribution in [2.75, 3.05) is 7.05 Å². The molecule has 5 nitrogen and oxygen atoms in total. The first-order valence-electron chi connectivity index (χ1n) is 5.22. The molecule has 0 atom stereocenters. The Labute approximate surface area is 108 Å². The second-order valence-electron chi connectivity index (χ2n) is 3.84. The number of phenolic OH excluding ortho intramolecular Hbond substituents is 2. The second kappa shape index (κ2) is 5.05. The van der Waals surface area contributed by atoms with Crippen molar-refractivity contribution < 1.29 is 15.0 Å². The lowest BCUT2D eigenvalue weighted by Crippen LogP contribution is -2.26. The molecule has 0 unspecified atom stereocenters. The molecule has 18 heavy (non-hydrogen) atoms. The van der Waals surface area contributed by atoms with Gasteiger partial charge in [-0.25, -0.2) is 4.98 Å². The Hall–Kier alpha value is -2.08. The number of carbonyl (C=O) groups excluding carboxylic acids is 1. The maximum atomic E-state index is 12.0. The average molecular weight is 264 g/mol. The highest BCUT2D eigenvalue weighted by molar-refractivity contribution is 7.07. The van der Waals surface area contributed by atoms with Crippen LogP contribution in [-0.4, -0.2) is 33.1 Å². The molecular weight excluding hydrogens is 252 g/mol. The average Bonchev–Trinajstić information content (AvgIpc) is 2.84. The summed E-state index contributed by atoms with van der Waals surface area (Å²) in [5.74, 6) is -0.782. The lowest BCUT2D eigenvalue weighted by atomic mass is 10.2. The quantitative estimate of drug-likeness (QED) is 0.829. The highest BCUT2D eigenvalue weighted by Gasteiger charge is 2.14. The predicted octanol–water partition coefficient (Wildman–Crippen LogP) is 1.83. The predicted molar refractivity (Wildman–Crippen MR) is 67.7 cm³/mol. The summed E-state index contributed by atoms with van der Waals surface area (Å²) in [4.78, 5) is 17.6. The summed E-state index contributed by atoms with van der Waals surface area (Å²) in [6, 6.07) is 4.00. The fourth-order valence-electron chi connectivity index (χ4n) is 1.51. The zero-order valence-corrected chi connectivity index (χ0v) is 10.5. The van der Waals surface area contributed by atoms with Crippen LogP contribution in [0.1, 0.15) is 16.1 Å². The lowest BCUT2D eigenvalue weighted by Gasteiger charge is -2.16. The van der Waals surface area contributed by atoms with E-state index >= 15 is 0 Å². The zero-order chi connectivity index (χ0) is 13.1. The number of carbonyl (C=O) groups is 1. The van der Waals surface area contributed by atoms with Gasteiger partial charge in [0.15, 0.2) is 11.5 Å². The minimum atomic E-state index is -0.303. The monoisotopic (exact) mass is 264 g/mol. The lowest BCUT2D eigenvalue weighted by molar-refractivity contribution is 0.0783. The van der Waals surface area contributed by atoms with Crippen molar-refractivity contribution >= 4 is 17.2 Å². The first-order valence-corrected chi connectivity index (χ1v) is 6.16. The third-order valence-electron chi connectivity index (χ3n) is 2.45. The van der Waals surface area contributed by atoms with Gasteiger partial charge in [0.05, 0.1) is 17.7 Å². The van der Waals surface area contributed by atoms with Gasteiger partial charge in [0.25, 0.3) is 5.91 Å². The van der Waals surface area contributed by atoms with Crippen LogP contribution in [0, 0.1) is 0 Å². The van der Waals surface area contributed by atoms with Crippen LogP contribution in [0.4, 0.5) is 0 Å². The number of thiazole rings is 1. The number of hydrogen-bond acceptors (Lipinski definition) is 5. The number of hydrogen-bond donors (Lipinski definition) is 2. The van der Waals surface area contributed by atoms with Crippen molar-refractivity contribution in [3.63, 3.8) is 0 Å². The van der Waals surface area contributed by atoms with Gasteiger partial charge in [-0.3, -0.25) is 4.79 Å². The van der Waals surface area contributed by atoms with Crippen molar-refractivity contribution in [3.05, 3.63) is 40.3 Å². The Kier molecular flexibility index (Phi) is 3.47. The summed E-state index contributed by atoms with van der Waals surface area (Å²) in [6.45, 7) is 0.407. The Balaban J connectivity index is 2.12. The highest BCUT2D eigenvalue weighted by Crippen LogP contribution is 2.25. The van der Waals surface area contributed by atoms with E-state index in [2.05, 4.69) is 4.98 Å². The molecular formula is C12H12N2O3S. The van der Waals surface area contributed by atoms with E-state index < -0.39 is 0 Å². The maximum Gasteiger partial charge on any atom is 0.254 e. The number of benzene rings is 1. The van der Waals surface area contributed by atoms with Gasteiger partial charge >= 0.3 is 0 Å². The molecule has 1 aromatic heterocycles. The van der Waals surface area contributed by atoms with Crippen LogP contribution < -0.4 is 0 Å². The molecule has 2 N–H and O–H groups in total. The maximum absolute atomic E-state index is 12.0. The van der Waals surface area contributed by atoms with E-state index in [9.17, 15) is 15.0 Å². The van der Waals surface area contributed by atoms with Crippen LogP contribution in [0.2, 0.25) is 0 Å². The molecule has 0 aliphatic carbocycles. The van der Waals surface area contributed by atoms with Crippen LogP contribution in [0.5, 0.6) is 11.5 Å². The molecule has 0 bridgehead atoms. The molecule has 0 radical (unpaired) electrons. The van der Waals surface area contributed by atoms with Crippen molar-refractivity contribution in [1.29, 1.82) is 0 Å². The van der Waals surface area contributed by atoms with Gasteiger partial charge in [0.2, 0.25) is 0 Å². The molecule has 2 aromatic rings. The van der Waals surface area contributed by atoms with Gasteiger partial charge in [0, 0.05) is 18.0 Å². The summed E-state index contributed by atoms with van der Waals surface area (Å²) >= 11 is 1.47. The first-order chi connectivity index (χ1) is 8.58. The van der Waals surface area contributed by atoms with Gasteiger partial charge in [-0.2, -0.15) is 0 Å². The highest BCUT2D eigenvalue weighted by atomic mass is 32.1. The summed E-state index contributed by atoms with van der Waals surface area (Å²) in [5.41, 5.74) is 2.85. The third kappa shape index (κ3) is 2.60. The Bertz CT molecular complexity index is 554. The minimum absolute atomic E-state index is 0.238. The number of rotatable bonds is 3. The largest absolute Gasteiger partial charge is 0.504 e. The number of phenols is 2. The van der Waals surface area contributed by atoms with Crippen molar-refractivity contribution in [2.24, 2.45) is 0 Å². The summed E-state index contributed by atoms with van der Waals surface area (Å²) < 4.78 is 0. The van der Waals surface area contributed by atoms with Gasteiger partial charge in [-0.1, -0.05) is 0 Å². The molecule has 0 aliphatic heterocycles. The molecule has 0 spiro atoms. The molecule has 94 valence electrons. The molecule has 2 rings (SSSR count). The number of aromatic nitrogens is 1. The molecule has 1 aromatic carbocycles. The van der Waals surface area contributed by atoms with Crippen molar-refractivity contribution in [3.8, 4) is 11.5 Å². The molecule has 0 fully saturated rings. The number of amides is 1. The molecule has 1 amide bonds. The first kappa shape index (κ1) is 12.4. The fourth-order valence-corrected chi connectivity index (χ4v) is 2.06. The van der Waals surface area contributed by atoms with E-state index in [0.29, 0.717) is 12.1 Å². The molecule has 0 saturated carbocycles. The van der Waals surface area contributed by atoms with E-state index in [-0.39, 0.29) is 17.4 Å². The minimum Gasteiger partial charge on any atom is -0.504 e. The van der Waals surface area contributed by atoms with Crippen LogP contribution in [0.15, 0.2) is 29.1 Å². The topological polar surface area (TPSA) is 73.7 Å². The molecule has 0 saturated heterocycles. The summed E-state index contributed by atoms with van der Waals surface area (Å²) in [6.07, 6.45) is 0. The third-order valence-corrected chi connectivity index (χ3v) is 3.09. The van der Waals surface area contributed by atoms with Crippen LogP contribution >= 0.6 is 11.3 Å². The summed E-state index contributed by atoms with van der Waals surface area (Å²) in [7, 11) is 1.66. The Morgan fingerprint density at radius 1 is 1.39 bits per heavy atom. The normalized spacial score (nSPS) is 10.3. The smallest absolute Gasteiger partial charge is 0.254 e. The van der Waals surface area contributed by atoms with Gasteiger partial charge < -0.3 is 15.1 Å². The number of nitrogens with zero attached hydrogens (tertiary/aromatic N) is 2. The van der Waals surface area contributed by atoms with Gasteiger partial charge in [-0.05, 0) is 18.2 Å². The SMILES string of the molecule is CN(Cc1cscn1)C(=O)c1ccc(O)c(O)c1. The van der Waals surface area contributed by atoms with Crippen LogP contribution in [-0.2, 0) is 6.54 Å². The van der Waals surface area contributed by atoms with E-state index in [1.54, 1.807) is 12.6 Å². The summed E-state index contributed by atoms with van der Waals surface area (Å²) in [5, 5.41) is 20.4. The van der Waals surface area contributed by atoms with Gasteiger partial charge in [0.1, 0.15) is 0 Å². The van der Waals surface area contributed by atoms with E-state index in [0.717, 1.165) is 5.69 Å². The van der Waals surface area contributed by atoms with E-state index in [1.807, 2.05) is 5.38 Å². The molecule has 0 aliphatic rings. The molecule has 1 heterocycles. The van der Waals surface area contributed by atoms with Crippen LogP contribution in [0.25, 0.3) is 0 Å². The standard InChI is InChI=1S/C12H12N2O3S/c1-14(5-9-6-18-7-13-9)12(17)8-2-3-10(15)11(16)4-8/h2-4,6-7,15-16H,5H2,1H3. The molecule has 6 heteroatoms. The van der Waals surface area contributed by atoms with Crippen LogP contribution in [0.3, 0.4) is 0 Å². The van der Waals surface area contributed by atoms with E-state index in [4.69, 9.17) is 0 Å². The van der Waals surface area contributed by atoms with Crippen molar-refractivity contribution in [1.82, 2.24) is 9.88 Å². The zero-order valence-electron chi connectivity index (χ0n) is 9.70. The van der Waals surface area contributed by atoms with Crippen molar-refractivity contribution in [2.45, 2.75) is 6.54 Å². The van der Waals surface area contributed by atoms with E-state index in [1.165, 1.54) is 34.4 Å². The Morgan fingerprint density at radius 3 is 2.78 bits per heavy atom. The Morgan fingerprint density at radius 2 is 2.17 bits per heavy atom. The van der Waals surface area contributed by atoms with Gasteiger partial charge in [-0.15, -0.1) is 11.3 Å². The number of aromatic hydroxyl groups is 2.